The summed E-state index contributed by atoms with van der Waals surface area (Å²) < 4.78 is 7.12. The van der Waals surface area contributed by atoms with Gasteiger partial charge < -0.3 is 13.7 Å². The second kappa shape index (κ2) is 11.1. The molecule has 244 valence electrons. The predicted octanol–water partition coefficient (Wildman–Crippen LogP) is 12.9. The van der Waals surface area contributed by atoms with Crippen LogP contribution in [0.15, 0.2) is 182 Å². The van der Waals surface area contributed by atoms with Gasteiger partial charge in [0.15, 0.2) is 0 Å². The fourth-order valence-electron chi connectivity index (χ4n) is 8.58. The van der Waals surface area contributed by atoms with Gasteiger partial charge in [-0.05, 0) is 89.0 Å². The van der Waals surface area contributed by atoms with Gasteiger partial charge in [-0.15, -0.1) is 0 Å². The van der Waals surface area contributed by atoms with Gasteiger partial charge in [-0.3, -0.25) is 0 Å². The smallest absolute Gasteiger partial charge is 0.0547 e. The highest BCUT2D eigenvalue weighted by Crippen LogP contribution is 2.39. The van der Waals surface area contributed by atoms with E-state index in [0.29, 0.717) is 0 Å². The quantitative estimate of drug-likeness (QED) is 0.178. The SMILES string of the molecule is Cn1c2ccc(-c3ccc4c5ccccc5n(-c5ccccc5)c4c3)cc2c2ccc(-c3ccc4c5ccccc5n(-c5ccccc5)c4c3)cc21. The summed E-state index contributed by atoms with van der Waals surface area (Å²) in [4.78, 5) is 0. The molecule has 11 aromatic rings. The largest absolute Gasteiger partial charge is 0.344 e. The van der Waals surface area contributed by atoms with Gasteiger partial charge >= 0.3 is 0 Å². The van der Waals surface area contributed by atoms with Gasteiger partial charge in [0, 0.05) is 61.8 Å². The third-order valence-corrected chi connectivity index (χ3v) is 11.1. The van der Waals surface area contributed by atoms with Crippen molar-refractivity contribution in [3.63, 3.8) is 0 Å². The summed E-state index contributed by atoms with van der Waals surface area (Å²) in [5.74, 6) is 0. The van der Waals surface area contributed by atoms with Gasteiger partial charge in [0.1, 0.15) is 0 Å². The van der Waals surface area contributed by atoms with Crippen molar-refractivity contribution in [2.45, 2.75) is 0 Å². The summed E-state index contributed by atoms with van der Waals surface area (Å²) in [6, 6.07) is 66.5. The van der Waals surface area contributed by atoms with Gasteiger partial charge in [0.05, 0.1) is 22.1 Å². The Balaban J connectivity index is 1.05. The van der Waals surface area contributed by atoms with Crippen molar-refractivity contribution in [3.05, 3.63) is 182 Å². The molecule has 0 fully saturated rings. The Hall–Kier alpha value is -6.84. The molecule has 3 heteroatoms. The van der Waals surface area contributed by atoms with E-state index in [0.717, 1.165) is 0 Å². The van der Waals surface area contributed by atoms with Gasteiger partial charge in [-0.1, -0.05) is 115 Å². The molecular formula is C49H33N3. The molecule has 0 atom stereocenters. The third kappa shape index (κ3) is 4.20. The van der Waals surface area contributed by atoms with E-state index in [9.17, 15) is 0 Å². The Labute approximate surface area is 300 Å². The van der Waals surface area contributed by atoms with E-state index < -0.39 is 0 Å². The average Bonchev–Trinajstić information content (AvgIpc) is 3.82. The lowest BCUT2D eigenvalue weighted by Crippen LogP contribution is -1.93. The summed E-state index contributed by atoms with van der Waals surface area (Å²) in [5, 5.41) is 7.61. The molecule has 8 aromatic carbocycles. The van der Waals surface area contributed by atoms with Crippen molar-refractivity contribution in [1.29, 1.82) is 0 Å². The second-order valence-electron chi connectivity index (χ2n) is 13.9. The van der Waals surface area contributed by atoms with Crippen LogP contribution in [0.25, 0.3) is 99.0 Å². The first-order valence-electron chi connectivity index (χ1n) is 17.9. The number of fused-ring (bicyclic) bond motifs is 9. The number of para-hydroxylation sites is 4. The highest BCUT2D eigenvalue weighted by molar-refractivity contribution is 6.13. The summed E-state index contributed by atoms with van der Waals surface area (Å²) in [5.41, 5.74) is 14.5. The van der Waals surface area contributed by atoms with Crippen LogP contribution in [0.2, 0.25) is 0 Å². The van der Waals surface area contributed by atoms with Crippen molar-refractivity contribution >= 4 is 65.4 Å². The predicted molar refractivity (Wildman–Crippen MR) is 220 cm³/mol. The molecule has 0 aliphatic rings. The number of aryl methyl sites for hydroxylation is 1. The van der Waals surface area contributed by atoms with Gasteiger partial charge in [0.2, 0.25) is 0 Å². The van der Waals surface area contributed by atoms with Crippen LogP contribution in [0, 0.1) is 0 Å². The minimum absolute atomic E-state index is 1.17. The summed E-state index contributed by atoms with van der Waals surface area (Å²) >= 11 is 0. The van der Waals surface area contributed by atoms with E-state index in [2.05, 4.69) is 203 Å². The average molecular weight is 664 g/mol. The summed E-state index contributed by atoms with van der Waals surface area (Å²) in [6.07, 6.45) is 0. The topological polar surface area (TPSA) is 14.8 Å². The molecule has 0 N–H and O–H groups in total. The molecule has 0 aliphatic heterocycles. The Morgan fingerprint density at radius 3 is 1.17 bits per heavy atom. The number of hydrogen-bond donors (Lipinski definition) is 0. The van der Waals surface area contributed by atoms with Crippen LogP contribution in [0.1, 0.15) is 0 Å². The minimum Gasteiger partial charge on any atom is -0.344 e. The first-order chi connectivity index (χ1) is 25.7. The standard InChI is InChI=1S/C49H33N3/c1-50-44-27-23-32(34-20-24-40-38-16-8-10-18-45(38)51(48(40)30-34)36-12-4-2-5-13-36)28-43(44)42-26-22-33(29-47(42)50)35-21-25-41-39-17-9-11-19-46(39)52(49(41)31-35)37-14-6-3-7-15-37/h2-31H,1H3. The van der Waals surface area contributed by atoms with Crippen molar-refractivity contribution in [2.75, 3.05) is 0 Å². The highest BCUT2D eigenvalue weighted by Gasteiger charge is 2.17. The molecule has 0 spiro atoms. The van der Waals surface area contributed by atoms with Crippen LogP contribution >= 0.6 is 0 Å². The number of benzene rings is 8. The zero-order valence-electron chi connectivity index (χ0n) is 28.7. The molecule has 0 amide bonds. The monoisotopic (exact) mass is 663 g/mol. The Morgan fingerprint density at radius 2 is 0.654 bits per heavy atom. The van der Waals surface area contributed by atoms with Crippen LogP contribution in [0.4, 0.5) is 0 Å². The normalized spacial score (nSPS) is 11.9. The van der Waals surface area contributed by atoms with Gasteiger partial charge in [-0.25, -0.2) is 0 Å². The van der Waals surface area contributed by atoms with Crippen molar-refractivity contribution in [1.82, 2.24) is 13.7 Å². The minimum atomic E-state index is 1.17. The molecule has 0 unspecified atom stereocenters. The second-order valence-corrected chi connectivity index (χ2v) is 13.9. The molecule has 0 saturated carbocycles. The maximum Gasteiger partial charge on any atom is 0.0547 e. The highest BCUT2D eigenvalue weighted by atomic mass is 15.0. The number of hydrogen-bond acceptors (Lipinski definition) is 0. The Bertz CT molecular complexity index is 3180. The lowest BCUT2D eigenvalue weighted by atomic mass is 9.99. The third-order valence-electron chi connectivity index (χ3n) is 11.1. The zero-order chi connectivity index (χ0) is 34.3. The number of nitrogens with zero attached hydrogens (tertiary/aromatic N) is 3. The summed E-state index contributed by atoms with van der Waals surface area (Å²) in [6.45, 7) is 0. The fourth-order valence-corrected chi connectivity index (χ4v) is 8.58. The van der Waals surface area contributed by atoms with Crippen molar-refractivity contribution in [2.24, 2.45) is 7.05 Å². The van der Waals surface area contributed by atoms with E-state index in [-0.39, 0.29) is 0 Å². The molecule has 11 rings (SSSR count). The molecule has 3 nitrogen and oxygen atoms in total. The van der Waals surface area contributed by atoms with Gasteiger partial charge in [-0.2, -0.15) is 0 Å². The molecule has 3 aromatic heterocycles. The first-order valence-corrected chi connectivity index (χ1v) is 17.9. The van der Waals surface area contributed by atoms with Crippen molar-refractivity contribution in [3.8, 4) is 33.6 Å². The zero-order valence-corrected chi connectivity index (χ0v) is 28.7. The maximum absolute atomic E-state index is 2.39. The van der Waals surface area contributed by atoms with Crippen LogP contribution < -0.4 is 0 Å². The molecule has 52 heavy (non-hydrogen) atoms. The van der Waals surface area contributed by atoms with E-state index in [1.165, 1.54) is 99.0 Å². The lowest BCUT2D eigenvalue weighted by molar-refractivity contribution is 1.01. The van der Waals surface area contributed by atoms with Gasteiger partial charge in [0.25, 0.3) is 0 Å². The van der Waals surface area contributed by atoms with E-state index >= 15 is 0 Å². The van der Waals surface area contributed by atoms with Crippen LogP contribution in [0.5, 0.6) is 0 Å². The van der Waals surface area contributed by atoms with Crippen LogP contribution in [0.3, 0.4) is 0 Å². The molecule has 0 aliphatic carbocycles. The number of aromatic nitrogens is 3. The fraction of sp³-hybridized carbons (Fsp3) is 0.0204. The van der Waals surface area contributed by atoms with Crippen molar-refractivity contribution < 1.29 is 0 Å². The molecule has 3 heterocycles. The van der Waals surface area contributed by atoms with E-state index in [1.54, 1.807) is 0 Å². The lowest BCUT2D eigenvalue weighted by Gasteiger charge is -2.09. The summed E-state index contributed by atoms with van der Waals surface area (Å²) in [7, 11) is 2.19. The Morgan fingerprint density at radius 1 is 0.269 bits per heavy atom. The molecular weight excluding hydrogens is 631 g/mol. The van der Waals surface area contributed by atoms with Crippen LogP contribution in [-0.4, -0.2) is 13.7 Å². The van der Waals surface area contributed by atoms with E-state index in [4.69, 9.17) is 0 Å². The maximum atomic E-state index is 2.39. The first kappa shape index (κ1) is 28.9. The molecule has 0 saturated heterocycles. The van der Waals surface area contributed by atoms with E-state index in [1.807, 2.05) is 0 Å². The van der Waals surface area contributed by atoms with Crippen LogP contribution in [-0.2, 0) is 7.05 Å². The molecule has 0 bridgehead atoms. The molecule has 0 radical (unpaired) electrons. The number of rotatable bonds is 4. The Kier molecular flexibility index (Phi) is 6.17.